The molecule has 0 aliphatic heterocycles. The van der Waals surface area contributed by atoms with Crippen LogP contribution in [0.4, 0.5) is 5.69 Å². The van der Waals surface area contributed by atoms with Gasteiger partial charge in [-0.15, -0.1) is 0 Å². The maximum atomic E-state index is 12.2. The van der Waals surface area contributed by atoms with Gasteiger partial charge in [-0.1, -0.05) is 42.1 Å². The predicted octanol–water partition coefficient (Wildman–Crippen LogP) is 4.20. The quantitative estimate of drug-likeness (QED) is 0.733. The second-order valence-electron chi connectivity index (χ2n) is 5.21. The molecular formula is C19H17N3OS. The Kier molecular flexibility index (Phi) is 5.58. The van der Waals surface area contributed by atoms with E-state index in [1.807, 2.05) is 42.5 Å². The fourth-order valence-electron chi connectivity index (χ4n) is 2.20. The summed E-state index contributed by atoms with van der Waals surface area (Å²) >= 11 is 1.64. The summed E-state index contributed by atoms with van der Waals surface area (Å²) < 4.78 is 0. The third kappa shape index (κ3) is 4.67. The number of para-hydroxylation sites is 1. The summed E-state index contributed by atoms with van der Waals surface area (Å²) in [5, 5.41) is 3.00. The van der Waals surface area contributed by atoms with Crippen molar-refractivity contribution in [3.05, 3.63) is 78.9 Å². The first-order chi connectivity index (χ1) is 11.8. The molecule has 120 valence electrons. The minimum atomic E-state index is -0.0139. The second kappa shape index (κ2) is 8.26. The molecule has 0 saturated carbocycles. The fraction of sp³-hybridized carbons (Fsp3) is 0.105. The average Bonchev–Trinajstić information content (AvgIpc) is 2.63. The van der Waals surface area contributed by atoms with Crippen molar-refractivity contribution in [2.24, 2.45) is 0 Å². The molecule has 24 heavy (non-hydrogen) atoms. The van der Waals surface area contributed by atoms with Crippen molar-refractivity contribution >= 4 is 23.4 Å². The van der Waals surface area contributed by atoms with Gasteiger partial charge >= 0.3 is 0 Å². The van der Waals surface area contributed by atoms with Crippen molar-refractivity contribution in [2.75, 3.05) is 5.32 Å². The second-order valence-corrected chi connectivity index (χ2v) is 6.32. The Morgan fingerprint density at radius 2 is 1.67 bits per heavy atom. The summed E-state index contributed by atoms with van der Waals surface area (Å²) in [7, 11) is 0. The molecule has 5 heteroatoms. The zero-order valence-corrected chi connectivity index (χ0v) is 13.9. The smallest absolute Gasteiger partial charge is 0.224 e. The Hall–Kier alpha value is -2.66. The number of anilines is 1. The number of nitrogens with zero attached hydrogens (tertiary/aromatic N) is 2. The minimum absolute atomic E-state index is 0.0139. The van der Waals surface area contributed by atoms with Crippen molar-refractivity contribution < 1.29 is 4.79 Å². The van der Waals surface area contributed by atoms with Gasteiger partial charge < -0.3 is 5.32 Å². The van der Waals surface area contributed by atoms with Crippen LogP contribution in [0.1, 0.15) is 12.0 Å². The molecule has 1 aromatic heterocycles. The van der Waals surface area contributed by atoms with Crippen molar-refractivity contribution in [3.63, 3.8) is 0 Å². The Morgan fingerprint density at radius 3 is 2.46 bits per heavy atom. The molecule has 0 aliphatic carbocycles. The molecule has 0 spiro atoms. The van der Waals surface area contributed by atoms with Crippen LogP contribution in [0.25, 0.3) is 0 Å². The van der Waals surface area contributed by atoms with Gasteiger partial charge in [-0.3, -0.25) is 4.79 Å². The normalized spacial score (nSPS) is 10.3. The molecule has 0 bridgehead atoms. The Balaban J connectivity index is 1.63. The highest BCUT2D eigenvalue weighted by molar-refractivity contribution is 7.99. The van der Waals surface area contributed by atoms with Crippen LogP contribution in [-0.2, 0) is 11.2 Å². The van der Waals surface area contributed by atoms with Gasteiger partial charge in [0.2, 0.25) is 5.91 Å². The highest BCUT2D eigenvalue weighted by Gasteiger charge is 2.08. The van der Waals surface area contributed by atoms with Crippen molar-refractivity contribution in [1.29, 1.82) is 0 Å². The third-order valence-corrected chi connectivity index (χ3v) is 4.47. The minimum Gasteiger partial charge on any atom is -0.325 e. The molecule has 0 unspecified atom stereocenters. The third-order valence-electron chi connectivity index (χ3n) is 3.39. The molecule has 0 fully saturated rings. The van der Waals surface area contributed by atoms with E-state index >= 15 is 0 Å². The standard InChI is InChI=1S/C19H17N3OS/c23-19(11-10-15-12-20-14-21-13-15)22-17-8-4-5-9-18(17)24-16-6-2-1-3-7-16/h1-9,12-14H,10-11H2,(H,22,23). The zero-order valence-electron chi connectivity index (χ0n) is 13.1. The van der Waals surface area contributed by atoms with Gasteiger partial charge in [-0.25, -0.2) is 9.97 Å². The molecule has 4 nitrogen and oxygen atoms in total. The lowest BCUT2D eigenvalue weighted by Crippen LogP contribution is -2.13. The van der Waals surface area contributed by atoms with Crippen molar-refractivity contribution in [2.45, 2.75) is 22.6 Å². The summed E-state index contributed by atoms with van der Waals surface area (Å²) in [5.74, 6) is -0.0139. The lowest BCUT2D eigenvalue weighted by Gasteiger charge is -2.10. The number of aryl methyl sites for hydroxylation is 1. The van der Waals surface area contributed by atoms with Gasteiger partial charge in [0.25, 0.3) is 0 Å². The number of hydrogen-bond acceptors (Lipinski definition) is 4. The largest absolute Gasteiger partial charge is 0.325 e. The van der Waals surface area contributed by atoms with Crippen LogP contribution in [0.3, 0.4) is 0 Å². The first-order valence-electron chi connectivity index (χ1n) is 7.67. The van der Waals surface area contributed by atoms with E-state index in [4.69, 9.17) is 0 Å². The van der Waals surface area contributed by atoms with E-state index in [1.54, 1.807) is 24.2 Å². The summed E-state index contributed by atoms with van der Waals surface area (Å²) in [5.41, 5.74) is 1.79. The van der Waals surface area contributed by atoms with Gasteiger partial charge in [0.15, 0.2) is 0 Å². The molecule has 3 rings (SSSR count). The summed E-state index contributed by atoms with van der Waals surface area (Å²) in [6, 6.07) is 17.9. The lowest BCUT2D eigenvalue weighted by atomic mass is 10.2. The van der Waals surface area contributed by atoms with Crippen LogP contribution < -0.4 is 5.32 Å². The first-order valence-corrected chi connectivity index (χ1v) is 8.48. The van der Waals surface area contributed by atoms with Gasteiger partial charge in [0.05, 0.1) is 5.69 Å². The van der Waals surface area contributed by atoms with Crippen molar-refractivity contribution in [1.82, 2.24) is 9.97 Å². The van der Waals surface area contributed by atoms with Crippen molar-refractivity contribution in [3.8, 4) is 0 Å². The van der Waals surface area contributed by atoms with E-state index < -0.39 is 0 Å². The maximum Gasteiger partial charge on any atom is 0.224 e. The Labute approximate surface area is 145 Å². The molecule has 1 amide bonds. The zero-order chi connectivity index (χ0) is 16.6. The lowest BCUT2D eigenvalue weighted by molar-refractivity contribution is -0.116. The first kappa shape index (κ1) is 16.2. The van der Waals surface area contributed by atoms with Crippen LogP contribution in [0.15, 0.2) is 83.1 Å². The van der Waals surface area contributed by atoms with Crippen LogP contribution in [0.2, 0.25) is 0 Å². The Bertz CT molecular complexity index is 794. The molecule has 3 aromatic rings. The molecule has 2 aromatic carbocycles. The van der Waals surface area contributed by atoms with Crippen LogP contribution >= 0.6 is 11.8 Å². The van der Waals surface area contributed by atoms with Crippen LogP contribution in [0.5, 0.6) is 0 Å². The highest BCUT2D eigenvalue weighted by Crippen LogP contribution is 2.33. The number of aromatic nitrogens is 2. The predicted molar refractivity (Wildman–Crippen MR) is 96.0 cm³/mol. The SMILES string of the molecule is O=C(CCc1cncnc1)Nc1ccccc1Sc1ccccc1. The van der Waals surface area contributed by atoms with Gasteiger partial charge in [0, 0.05) is 28.6 Å². The number of amides is 1. The maximum absolute atomic E-state index is 12.2. The molecule has 0 saturated heterocycles. The van der Waals surface area contributed by atoms with E-state index in [2.05, 4.69) is 27.4 Å². The Morgan fingerprint density at radius 1 is 0.958 bits per heavy atom. The summed E-state index contributed by atoms with van der Waals surface area (Å²) in [6.45, 7) is 0. The molecule has 0 aliphatic rings. The van der Waals surface area contributed by atoms with Gasteiger partial charge in [-0.05, 0) is 36.2 Å². The van der Waals surface area contributed by atoms with Crippen LogP contribution in [-0.4, -0.2) is 15.9 Å². The number of carbonyl (C=O) groups is 1. The highest BCUT2D eigenvalue weighted by atomic mass is 32.2. The molecule has 1 N–H and O–H groups in total. The molecule has 1 heterocycles. The fourth-order valence-corrected chi connectivity index (χ4v) is 3.13. The van der Waals surface area contributed by atoms with E-state index in [0.717, 1.165) is 21.0 Å². The summed E-state index contributed by atoms with van der Waals surface area (Å²) in [6.07, 6.45) is 5.98. The number of hydrogen-bond donors (Lipinski definition) is 1. The topological polar surface area (TPSA) is 54.9 Å². The van der Waals surface area contributed by atoms with E-state index in [-0.39, 0.29) is 5.91 Å². The number of carbonyl (C=O) groups excluding carboxylic acids is 1. The average molecular weight is 335 g/mol. The van der Waals surface area contributed by atoms with Gasteiger partial charge in [0.1, 0.15) is 6.33 Å². The van der Waals surface area contributed by atoms with Gasteiger partial charge in [-0.2, -0.15) is 0 Å². The van der Waals surface area contributed by atoms with Crippen LogP contribution in [0, 0.1) is 0 Å². The summed E-state index contributed by atoms with van der Waals surface area (Å²) in [4.78, 5) is 22.3. The number of nitrogens with one attached hydrogen (secondary N) is 1. The number of rotatable bonds is 6. The van der Waals surface area contributed by atoms with E-state index in [9.17, 15) is 4.79 Å². The monoisotopic (exact) mass is 335 g/mol. The molecule has 0 atom stereocenters. The number of benzene rings is 2. The van der Waals surface area contributed by atoms with E-state index in [1.165, 1.54) is 6.33 Å². The van der Waals surface area contributed by atoms with E-state index in [0.29, 0.717) is 12.8 Å². The molecular weight excluding hydrogens is 318 g/mol. The molecule has 0 radical (unpaired) electrons.